The number of aryl methyl sites for hydroxylation is 1. The molecule has 0 aliphatic rings. The van der Waals surface area contributed by atoms with Gasteiger partial charge in [0.15, 0.2) is 0 Å². The van der Waals surface area contributed by atoms with Crippen molar-refractivity contribution < 1.29 is 18.0 Å². The summed E-state index contributed by atoms with van der Waals surface area (Å²) in [7, 11) is -3.61. The van der Waals surface area contributed by atoms with Crippen molar-refractivity contribution in [3.05, 3.63) is 99.0 Å². The SMILES string of the molecule is Cc1cccc(N(CCCC(=O)N(Cc2c(Cl)cccc2Cl)[C@@H](Cc2ccccc2)C(=O)NC(C)C)S(C)(=O)=O)c1C. The molecule has 0 unspecified atom stereocenters. The Morgan fingerprint density at radius 3 is 2.12 bits per heavy atom. The number of halogens is 2. The summed E-state index contributed by atoms with van der Waals surface area (Å²) in [5, 5.41) is 3.73. The van der Waals surface area contributed by atoms with E-state index in [1.54, 1.807) is 24.3 Å². The Hall–Kier alpha value is -3.07. The fourth-order valence-electron chi connectivity index (χ4n) is 4.78. The molecule has 0 saturated heterocycles. The van der Waals surface area contributed by atoms with Crippen molar-refractivity contribution in [3.8, 4) is 0 Å². The maximum absolute atomic E-state index is 14.0. The molecule has 0 aliphatic carbocycles. The van der Waals surface area contributed by atoms with E-state index >= 15 is 0 Å². The smallest absolute Gasteiger partial charge is 0.243 e. The average molecular weight is 633 g/mol. The normalized spacial score (nSPS) is 12.2. The molecule has 3 aromatic carbocycles. The zero-order valence-electron chi connectivity index (χ0n) is 24.7. The number of carbonyl (C=O) groups is 2. The molecular formula is C32H39Cl2N3O4S. The quantitative estimate of drug-likeness (QED) is 0.239. The molecule has 0 aliphatic heterocycles. The molecule has 0 saturated carbocycles. The molecule has 0 spiro atoms. The number of nitrogens with zero attached hydrogens (tertiary/aromatic N) is 2. The van der Waals surface area contributed by atoms with Gasteiger partial charge in [-0.25, -0.2) is 8.42 Å². The third kappa shape index (κ3) is 8.96. The molecular weight excluding hydrogens is 593 g/mol. The molecule has 0 heterocycles. The van der Waals surface area contributed by atoms with E-state index in [4.69, 9.17) is 23.2 Å². The largest absolute Gasteiger partial charge is 0.352 e. The van der Waals surface area contributed by atoms with Crippen molar-refractivity contribution in [3.63, 3.8) is 0 Å². The average Bonchev–Trinajstić information content (AvgIpc) is 2.91. The van der Waals surface area contributed by atoms with Crippen molar-refractivity contribution in [2.24, 2.45) is 0 Å². The van der Waals surface area contributed by atoms with Crippen LogP contribution >= 0.6 is 23.2 Å². The van der Waals surface area contributed by atoms with Crippen molar-refractivity contribution >= 4 is 50.7 Å². The van der Waals surface area contributed by atoms with E-state index in [0.717, 1.165) is 22.9 Å². The van der Waals surface area contributed by atoms with Gasteiger partial charge in [0.25, 0.3) is 0 Å². The molecule has 0 bridgehead atoms. The van der Waals surface area contributed by atoms with E-state index in [0.29, 0.717) is 21.3 Å². The molecule has 0 aromatic heterocycles. The zero-order chi connectivity index (χ0) is 31.0. The van der Waals surface area contributed by atoms with E-state index in [-0.39, 0.29) is 50.2 Å². The first-order valence-corrected chi connectivity index (χ1v) is 16.5. The predicted molar refractivity (Wildman–Crippen MR) is 172 cm³/mol. The minimum absolute atomic E-state index is 0.0131. The lowest BCUT2D eigenvalue weighted by atomic mass is 10.0. The maximum atomic E-state index is 14.0. The number of hydrogen-bond acceptors (Lipinski definition) is 4. The first kappa shape index (κ1) is 33.4. The highest BCUT2D eigenvalue weighted by Gasteiger charge is 2.32. The molecule has 0 fully saturated rings. The minimum Gasteiger partial charge on any atom is -0.352 e. The second kappa shape index (κ2) is 14.9. The molecule has 2 amide bonds. The van der Waals surface area contributed by atoms with Crippen LogP contribution in [0.25, 0.3) is 0 Å². The third-order valence-electron chi connectivity index (χ3n) is 7.09. The highest BCUT2D eigenvalue weighted by Crippen LogP contribution is 2.29. The van der Waals surface area contributed by atoms with Gasteiger partial charge in [0.05, 0.1) is 11.9 Å². The van der Waals surface area contributed by atoms with Crippen molar-refractivity contribution in [1.82, 2.24) is 10.2 Å². The van der Waals surface area contributed by atoms with Gasteiger partial charge < -0.3 is 10.2 Å². The summed E-state index contributed by atoms with van der Waals surface area (Å²) in [5.74, 6) is -0.598. The van der Waals surface area contributed by atoms with Crippen LogP contribution in [-0.4, -0.2) is 50.0 Å². The van der Waals surface area contributed by atoms with Crippen LogP contribution in [-0.2, 0) is 32.6 Å². The molecule has 3 aromatic rings. The van der Waals surface area contributed by atoms with Crippen LogP contribution in [0.15, 0.2) is 66.7 Å². The van der Waals surface area contributed by atoms with E-state index < -0.39 is 16.1 Å². The second-order valence-corrected chi connectivity index (χ2v) is 13.5. The number of rotatable bonds is 13. The van der Waals surface area contributed by atoms with Gasteiger partial charge in [0.1, 0.15) is 6.04 Å². The fraction of sp³-hybridized carbons (Fsp3) is 0.375. The Morgan fingerprint density at radius 2 is 1.52 bits per heavy atom. The van der Waals surface area contributed by atoms with Gasteiger partial charge in [0.2, 0.25) is 21.8 Å². The summed E-state index contributed by atoms with van der Waals surface area (Å²) in [5.41, 5.74) is 3.85. The monoisotopic (exact) mass is 631 g/mol. The molecule has 7 nitrogen and oxygen atoms in total. The number of sulfonamides is 1. The van der Waals surface area contributed by atoms with Gasteiger partial charge >= 0.3 is 0 Å². The summed E-state index contributed by atoms with van der Waals surface area (Å²) in [6.07, 6.45) is 1.70. The summed E-state index contributed by atoms with van der Waals surface area (Å²) in [4.78, 5) is 29.1. The second-order valence-electron chi connectivity index (χ2n) is 10.7. The molecule has 0 radical (unpaired) electrons. The van der Waals surface area contributed by atoms with E-state index in [9.17, 15) is 18.0 Å². The van der Waals surface area contributed by atoms with Crippen LogP contribution < -0.4 is 9.62 Å². The number of hydrogen-bond donors (Lipinski definition) is 1. The van der Waals surface area contributed by atoms with Gasteiger partial charge in [-0.15, -0.1) is 0 Å². The minimum atomic E-state index is -3.61. The van der Waals surface area contributed by atoms with Gasteiger partial charge in [-0.3, -0.25) is 13.9 Å². The molecule has 1 atom stereocenters. The number of nitrogens with one attached hydrogen (secondary N) is 1. The Balaban J connectivity index is 1.94. The molecule has 1 N–H and O–H groups in total. The van der Waals surface area contributed by atoms with Crippen molar-refractivity contribution in [2.75, 3.05) is 17.1 Å². The molecule has 10 heteroatoms. The lowest BCUT2D eigenvalue weighted by molar-refractivity contribution is -0.141. The summed E-state index contributed by atoms with van der Waals surface area (Å²) >= 11 is 13.0. The number of benzene rings is 3. The maximum Gasteiger partial charge on any atom is 0.243 e. The molecule has 42 heavy (non-hydrogen) atoms. The van der Waals surface area contributed by atoms with E-state index in [1.165, 1.54) is 9.21 Å². The lowest BCUT2D eigenvalue weighted by Crippen LogP contribution is -2.52. The zero-order valence-corrected chi connectivity index (χ0v) is 27.1. The van der Waals surface area contributed by atoms with Crippen LogP contribution in [0.4, 0.5) is 5.69 Å². The third-order valence-corrected chi connectivity index (χ3v) is 8.98. The standard InChI is InChI=1S/C32H39Cl2N3O4S/c1-22(2)35-32(39)30(20-25-13-7-6-8-14-25)36(21-26-27(33)15-10-16-28(26)34)31(38)18-11-19-37(42(5,40)41)29-17-9-12-23(3)24(29)4/h6-10,12-17,22,30H,11,18-21H2,1-5H3,(H,35,39)/t30-/m0/s1. The fourth-order valence-corrected chi connectivity index (χ4v) is 6.31. The molecule has 226 valence electrons. The van der Waals surface area contributed by atoms with Crippen LogP contribution in [0.3, 0.4) is 0 Å². The van der Waals surface area contributed by atoms with E-state index in [1.807, 2.05) is 70.2 Å². The Morgan fingerprint density at radius 1 is 0.905 bits per heavy atom. The van der Waals surface area contributed by atoms with E-state index in [2.05, 4.69) is 5.32 Å². The number of amides is 2. The Bertz CT molecular complexity index is 1480. The molecule has 3 rings (SSSR count). The van der Waals surface area contributed by atoms with Crippen LogP contribution in [0.1, 0.15) is 48.9 Å². The predicted octanol–water partition coefficient (Wildman–Crippen LogP) is 6.32. The lowest BCUT2D eigenvalue weighted by Gasteiger charge is -2.33. The van der Waals surface area contributed by atoms with Crippen molar-refractivity contribution in [1.29, 1.82) is 0 Å². The highest BCUT2D eigenvalue weighted by atomic mass is 35.5. The first-order chi connectivity index (χ1) is 19.8. The van der Waals surface area contributed by atoms with Gasteiger partial charge in [-0.2, -0.15) is 0 Å². The topological polar surface area (TPSA) is 86.8 Å². The Kier molecular flexibility index (Phi) is 11.9. The van der Waals surface area contributed by atoms with Crippen LogP contribution in [0.2, 0.25) is 10.0 Å². The summed E-state index contributed by atoms with van der Waals surface area (Å²) in [6.45, 7) is 7.66. The van der Waals surface area contributed by atoms with Gasteiger partial charge in [-0.1, -0.05) is 71.7 Å². The number of anilines is 1. The Labute approximate surface area is 259 Å². The van der Waals surface area contributed by atoms with Crippen LogP contribution in [0, 0.1) is 13.8 Å². The van der Waals surface area contributed by atoms with Crippen molar-refractivity contribution in [2.45, 2.75) is 65.6 Å². The summed E-state index contributed by atoms with van der Waals surface area (Å²) in [6, 6.07) is 19.1. The van der Waals surface area contributed by atoms with Crippen LogP contribution in [0.5, 0.6) is 0 Å². The number of carbonyl (C=O) groups excluding carboxylic acids is 2. The first-order valence-electron chi connectivity index (χ1n) is 13.9. The van der Waals surface area contributed by atoms with Gasteiger partial charge in [0, 0.05) is 47.6 Å². The summed E-state index contributed by atoms with van der Waals surface area (Å²) < 4.78 is 26.9. The highest BCUT2D eigenvalue weighted by molar-refractivity contribution is 7.92. The van der Waals surface area contributed by atoms with Gasteiger partial charge in [-0.05, 0) is 69.0 Å².